The van der Waals surface area contributed by atoms with Gasteiger partial charge in [-0.1, -0.05) is 24.3 Å². The second-order valence-electron chi connectivity index (χ2n) is 5.24. The van der Waals surface area contributed by atoms with Crippen molar-refractivity contribution in [2.45, 2.75) is 19.3 Å². The normalized spacial score (nSPS) is 15.1. The van der Waals surface area contributed by atoms with Crippen LogP contribution in [-0.4, -0.2) is 31.0 Å². The first-order valence-corrected chi connectivity index (χ1v) is 7.11. The molecule has 0 bridgehead atoms. The highest BCUT2D eigenvalue weighted by atomic mass is 16.5. The Morgan fingerprint density at radius 2 is 2.15 bits per heavy atom. The SMILES string of the molecule is COc1ccc2cccc(CCN3CCCC3=O)c2c1. The smallest absolute Gasteiger partial charge is 0.222 e. The second-order valence-corrected chi connectivity index (χ2v) is 5.24. The number of rotatable bonds is 4. The lowest BCUT2D eigenvalue weighted by molar-refractivity contribution is -0.127. The molecule has 1 fully saturated rings. The van der Waals surface area contributed by atoms with E-state index in [-0.39, 0.29) is 0 Å². The van der Waals surface area contributed by atoms with Crippen LogP contribution in [0.5, 0.6) is 5.75 Å². The molecule has 3 heteroatoms. The summed E-state index contributed by atoms with van der Waals surface area (Å²) in [6.07, 6.45) is 2.61. The first kappa shape index (κ1) is 13.0. The van der Waals surface area contributed by atoms with Crippen LogP contribution in [0.2, 0.25) is 0 Å². The summed E-state index contributed by atoms with van der Waals surface area (Å²) >= 11 is 0. The topological polar surface area (TPSA) is 29.5 Å². The number of methoxy groups -OCH3 is 1. The molecule has 1 amide bonds. The fourth-order valence-electron chi connectivity index (χ4n) is 2.86. The predicted molar refractivity (Wildman–Crippen MR) is 80.0 cm³/mol. The third-order valence-electron chi connectivity index (χ3n) is 4.00. The Kier molecular flexibility index (Phi) is 3.59. The summed E-state index contributed by atoms with van der Waals surface area (Å²) in [5.41, 5.74) is 1.28. The summed E-state index contributed by atoms with van der Waals surface area (Å²) in [4.78, 5) is 13.6. The number of fused-ring (bicyclic) bond motifs is 1. The molecule has 3 rings (SSSR count). The van der Waals surface area contributed by atoms with Gasteiger partial charge in [0.15, 0.2) is 0 Å². The number of benzene rings is 2. The van der Waals surface area contributed by atoms with Gasteiger partial charge in [0, 0.05) is 19.5 Å². The molecule has 0 atom stereocenters. The van der Waals surface area contributed by atoms with Gasteiger partial charge in [0.05, 0.1) is 7.11 Å². The Labute approximate surface area is 119 Å². The fourth-order valence-corrected chi connectivity index (χ4v) is 2.86. The van der Waals surface area contributed by atoms with Crippen molar-refractivity contribution in [3.8, 4) is 5.75 Å². The third-order valence-corrected chi connectivity index (χ3v) is 4.00. The molecular weight excluding hydrogens is 250 g/mol. The number of carbonyl (C=O) groups is 1. The number of likely N-dealkylation sites (tertiary alicyclic amines) is 1. The van der Waals surface area contributed by atoms with Crippen LogP contribution >= 0.6 is 0 Å². The molecule has 0 aliphatic carbocycles. The second kappa shape index (κ2) is 5.53. The van der Waals surface area contributed by atoms with Crippen molar-refractivity contribution in [3.63, 3.8) is 0 Å². The molecule has 1 aliphatic rings. The zero-order chi connectivity index (χ0) is 13.9. The van der Waals surface area contributed by atoms with Gasteiger partial charge in [0.2, 0.25) is 5.91 Å². The van der Waals surface area contributed by atoms with Crippen LogP contribution in [-0.2, 0) is 11.2 Å². The summed E-state index contributed by atoms with van der Waals surface area (Å²) in [7, 11) is 1.69. The Morgan fingerprint density at radius 3 is 2.90 bits per heavy atom. The van der Waals surface area contributed by atoms with Crippen molar-refractivity contribution >= 4 is 16.7 Å². The fraction of sp³-hybridized carbons (Fsp3) is 0.353. The van der Waals surface area contributed by atoms with Crippen LogP contribution in [0.3, 0.4) is 0 Å². The van der Waals surface area contributed by atoms with E-state index in [1.807, 2.05) is 11.0 Å². The third kappa shape index (κ3) is 2.48. The molecule has 1 heterocycles. The van der Waals surface area contributed by atoms with Gasteiger partial charge in [-0.05, 0) is 41.3 Å². The van der Waals surface area contributed by atoms with E-state index in [2.05, 4.69) is 30.3 Å². The van der Waals surface area contributed by atoms with Crippen LogP contribution in [0.4, 0.5) is 0 Å². The molecule has 0 radical (unpaired) electrons. The first-order valence-electron chi connectivity index (χ1n) is 7.11. The van der Waals surface area contributed by atoms with Crippen molar-refractivity contribution in [2.24, 2.45) is 0 Å². The molecule has 1 saturated heterocycles. The molecule has 3 nitrogen and oxygen atoms in total. The highest BCUT2D eigenvalue weighted by Crippen LogP contribution is 2.25. The monoisotopic (exact) mass is 269 g/mol. The maximum absolute atomic E-state index is 11.7. The Hall–Kier alpha value is -2.03. The maximum Gasteiger partial charge on any atom is 0.222 e. The standard InChI is InChI=1S/C17H19NO2/c1-20-15-8-7-13-4-2-5-14(16(13)12-15)9-11-18-10-3-6-17(18)19/h2,4-5,7-8,12H,3,6,9-11H2,1H3. The molecule has 0 aromatic heterocycles. The molecule has 0 unspecified atom stereocenters. The largest absolute Gasteiger partial charge is 0.497 e. The number of amides is 1. The summed E-state index contributed by atoms with van der Waals surface area (Å²) < 4.78 is 5.31. The van der Waals surface area contributed by atoms with Gasteiger partial charge in [0.25, 0.3) is 0 Å². The molecule has 2 aromatic rings. The van der Waals surface area contributed by atoms with Crippen LogP contribution in [0, 0.1) is 0 Å². The lowest BCUT2D eigenvalue weighted by Crippen LogP contribution is -2.26. The Morgan fingerprint density at radius 1 is 1.25 bits per heavy atom. The number of hydrogen-bond donors (Lipinski definition) is 0. The molecule has 0 spiro atoms. The molecule has 2 aromatic carbocycles. The molecule has 20 heavy (non-hydrogen) atoms. The lowest BCUT2D eigenvalue weighted by atomic mass is 10.0. The van der Waals surface area contributed by atoms with Crippen LogP contribution in [0.15, 0.2) is 36.4 Å². The average molecular weight is 269 g/mol. The summed E-state index contributed by atoms with van der Waals surface area (Å²) in [5.74, 6) is 1.17. The van der Waals surface area contributed by atoms with Crippen molar-refractivity contribution in [2.75, 3.05) is 20.2 Å². The predicted octanol–water partition coefficient (Wildman–Crippen LogP) is 3.01. The zero-order valence-electron chi connectivity index (χ0n) is 11.8. The van der Waals surface area contributed by atoms with Crippen molar-refractivity contribution in [1.29, 1.82) is 0 Å². The lowest BCUT2D eigenvalue weighted by Gasteiger charge is -2.16. The summed E-state index contributed by atoms with van der Waals surface area (Å²) in [5, 5.41) is 2.44. The van der Waals surface area contributed by atoms with Crippen LogP contribution < -0.4 is 4.74 Å². The number of hydrogen-bond acceptors (Lipinski definition) is 2. The number of ether oxygens (including phenoxy) is 1. The highest BCUT2D eigenvalue weighted by Gasteiger charge is 2.19. The van der Waals surface area contributed by atoms with Gasteiger partial charge in [-0.2, -0.15) is 0 Å². The quantitative estimate of drug-likeness (QED) is 0.854. The maximum atomic E-state index is 11.7. The molecular formula is C17H19NO2. The van der Waals surface area contributed by atoms with E-state index in [1.54, 1.807) is 7.11 Å². The average Bonchev–Trinajstić information content (AvgIpc) is 2.89. The van der Waals surface area contributed by atoms with E-state index in [0.29, 0.717) is 12.3 Å². The van der Waals surface area contributed by atoms with Crippen molar-refractivity contribution < 1.29 is 9.53 Å². The Balaban J connectivity index is 1.84. The number of nitrogens with zero attached hydrogens (tertiary/aromatic N) is 1. The van der Waals surface area contributed by atoms with E-state index in [1.165, 1.54) is 16.3 Å². The van der Waals surface area contributed by atoms with Gasteiger partial charge in [0.1, 0.15) is 5.75 Å². The van der Waals surface area contributed by atoms with E-state index in [0.717, 1.165) is 31.7 Å². The highest BCUT2D eigenvalue weighted by molar-refractivity contribution is 5.87. The van der Waals surface area contributed by atoms with Crippen LogP contribution in [0.1, 0.15) is 18.4 Å². The van der Waals surface area contributed by atoms with Gasteiger partial charge < -0.3 is 9.64 Å². The zero-order valence-corrected chi connectivity index (χ0v) is 11.8. The minimum Gasteiger partial charge on any atom is -0.497 e. The minimum atomic E-state index is 0.294. The molecule has 0 saturated carbocycles. The van der Waals surface area contributed by atoms with Gasteiger partial charge >= 0.3 is 0 Å². The molecule has 0 N–H and O–H groups in total. The Bertz CT molecular complexity index is 636. The molecule has 1 aliphatic heterocycles. The van der Waals surface area contributed by atoms with Gasteiger partial charge in [-0.15, -0.1) is 0 Å². The minimum absolute atomic E-state index is 0.294. The molecule has 104 valence electrons. The van der Waals surface area contributed by atoms with E-state index < -0.39 is 0 Å². The van der Waals surface area contributed by atoms with Gasteiger partial charge in [-0.3, -0.25) is 4.79 Å². The van der Waals surface area contributed by atoms with E-state index in [9.17, 15) is 4.79 Å². The van der Waals surface area contributed by atoms with Gasteiger partial charge in [-0.25, -0.2) is 0 Å². The van der Waals surface area contributed by atoms with Crippen LogP contribution in [0.25, 0.3) is 10.8 Å². The van der Waals surface area contributed by atoms with Crippen molar-refractivity contribution in [1.82, 2.24) is 4.90 Å². The number of carbonyl (C=O) groups excluding carboxylic acids is 1. The first-order chi connectivity index (χ1) is 9.78. The van der Waals surface area contributed by atoms with E-state index in [4.69, 9.17) is 4.74 Å². The van der Waals surface area contributed by atoms with E-state index >= 15 is 0 Å². The van der Waals surface area contributed by atoms with Crippen molar-refractivity contribution in [3.05, 3.63) is 42.0 Å². The summed E-state index contributed by atoms with van der Waals surface area (Å²) in [6, 6.07) is 12.5. The summed E-state index contributed by atoms with van der Waals surface area (Å²) in [6.45, 7) is 1.72.